The average Bonchev–Trinajstić information content (AvgIpc) is 3.22. The normalized spacial score (nSPS) is 20.9. The van der Waals surface area contributed by atoms with Crippen LogP contribution in [0.15, 0.2) is 6.20 Å². The van der Waals surface area contributed by atoms with E-state index in [1.54, 1.807) is 15.8 Å². The zero-order chi connectivity index (χ0) is 19.9. The maximum absolute atomic E-state index is 12.9. The van der Waals surface area contributed by atoms with Crippen LogP contribution >= 0.6 is 0 Å². The van der Waals surface area contributed by atoms with Gasteiger partial charge in [0.2, 0.25) is 5.91 Å². The van der Waals surface area contributed by atoms with Gasteiger partial charge in [-0.15, -0.1) is 5.10 Å². The average molecular weight is 391 g/mol. The third-order valence-corrected chi connectivity index (χ3v) is 5.98. The molecule has 2 fully saturated rings. The zero-order valence-electron chi connectivity index (χ0n) is 17.3. The maximum atomic E-state index is 12.9. The molecule has 3 rings (SSSR count). The Morgan fingerprint density at radius 2 is 1.82 bits per heavy atom. The summed E-state index contributed by atoms with van der Waals surface area (Å²) in [5, 5.41) is 8.24. The SMILES string of the molecule is CCN(CC)C(=O)C1CCCN(C(=O)c2cn(CCN3CCCCC3)nn2)C1. The van der Waals surface area contributed by atoms with E-state index in [1.165, 1.54) is 19.3 Å². The highest BCUT2D eigenvalue weighted by atomic mass is 16.2. The largest absolute Gasteiger partial charge is 0.343 e. The molecular weight excluding hydrogens is 356 g/mol. The number of nitrogens with zero attached hydrogens (tertiary/aromatic N) is 6. The second-order valence-corrected chi connectivity index (χ2v) is 7.87. The number of carbonyl (C=O) groups is 2. The van der Waals surface area contributed by atoms with E-state index >= 15 is 0 Å². The first-order valence-corrected chi connectivity index (χ1v) is 10.8. The predicted molar refractivity (Wildman–Crippen MR) is 107 cm³/mol. The van der Waals surface area contributed by atoms with E-state index in [0.717, 1.165) is 39.0 Å². The number of rotatable bonds is 7. The van der Waals surface area contributed by atoms with Crippen LogP contribution in [0.25, 0.3) is 0 Å². The lowest BCUT2D eigenvalue weighted by Gasteiger charge is -2.34. The van der Waals surface area contributed by atoms with Crippen molar-refractivity contribution in [3.63, 3.8) is 0 Å². The van der Waals surface area contributed by atoms with Crippen LogP contribution in [0.3, 0.4) is 0 Å². The molecular formula is C20H34N6O2. The third-order valence-electron chi connectivity index (χ3n) is 5.98. The molecule has 8 nitrogen and oxygen atoms in total. The molecule has 0 aliphatic carbocycles. The molecule has 2 aliphatic rings. The van der Waals surface area contributed by atoms with Gasteiger partial charge in [-0.3, -0.25) is 14.3 Å². The summed E-state index contributed by atoms with van der Waals surface area (Å²) in [5.41, 5.74) is 0.384. The predicted octanol–water partition coefficient (Wildman–Crippen LogP) is 1.48. The third kappa shape index (κ3) is 5.10. The van der Waals surface area contributed by atoms with Gasteiger partial charge in [-0.25, -0.2) is 0 Å². The Balaban J connectivity index is 1.54. The van der Waals surface area contributed by atoms with Crippen LogP contribution in [0.4, 0.5) is 0 Å². The number of aromatic nitrogens is 3. The van der Waals surface area contributed by atoms with Crippen LogP contribution in [-0.4, -0.2) is 87.3 Å². The highest BCUT2D eigenvalue weighted by Gasteiger charge is 2.31. The Morgan fingerprint density at radius 3 is 2.54 bits per heavy atom. The number of likely N-dealkylation sites (tertiary alicyclic amines) is 2. The van der Waals surface area contributed by atoms with Gasteiger partial charge in [0.05, 0.1) is 18.7 Å². The Hall–Kier alpha value is -1.96. The molecule has 2 saturated heterocycles. The summed E-state index contributed by atoms with van der Waals surface area (Å²) in [5.74, 6) is -0.0549. The molecule has 0 bridgehead atoms. The van der Waals surface area contributed by atoms with Crippen molar-refractivity contribution in [1.29, 1.82) is 0 Å². The van der Waals surface area contributed by atoms with Gasteiger partial charge in [-0.1, -0.05) is 11.6 Å². The molecule has 28 heavy (non-hydrogen) atoms. The molecule has 2 aliphatic heterocycles. The molecule has 2 amide bonds. The summed E-state index contributed by atoms with van der Waals surface area (Å²) in [4.78, 5) is 31.6. The van der Waals surface area contributed by atoms with Gasteiger partial charge in [-0.05, 0) is 52.6 Å². The Kier molecular flexibility index (Phi) is 7.42. The summed E-state index contributed by atoms with van der Waals surface area (Å²) >= 11 is 0. The smallest absolute Gasteiger partial charge is 0.276 e. The van der Waals surface area contributed by atoms with Crippen molar-refractivity contribution in [1.82, 2.24) is 29.7 Å². The molecule has 0 saturated carbocycles. The fraction of sp³-hybridized carbons (Fsp3) is 0.800. The lowest BCUT2D eigenvalue weighted by atomic mass is 9.96. The van der Waals surface area contributed by atoms with Gasteiger partial charge >= 0.3 is 0 Å². The summed E-state index contributed by atoms with van der Waals surface area (Å²) < 4.78 is 1.77. The molecule has 156 valence electrons. The van der Waals surface area contributed by atoms with Crippen LogP contribution in [0.2, 0.25) is 0 Å². The summed E-state index contributed by atoms with van der Waals surface area (Å²) in [6.45, 7) is 10.6. The molecule has 0 N–H and O–H groups in total. The van der Waals surface area contributed by atoms with Crippen LogP contribution < -0.4 is 0 Å². The number of carbonyl (C=O) groups excluding carboxylic acids is 2. The van der Waals surface area contributed by atoms with Crippen molar-refractivity contribution in [2.75, 3.05) is 45.8 Å². The van der Waals surface area contributed by atoms with E-state index in [0.29, 0.717) is 31.9 Å². The first-order chi connectivity index (χ1) is 13.6. The topological polar surface area (TPSA) is 74.6 Å². The molecule has 0 spiro atoms. The Morgan fingerprint density at radius 1 is 1.07 bits per heavy atom. The van der Waals surface area contributed by atoms with E-state index in [-0.39, 0.29) is 17.7 Å². The number of amides is 2. The molecule has 1 atom stereocenters. The van der Waals surface area contributed by atoms with Crippen LogP contribution in [-0.2, 0) is 11.3 Å². The second-order valence-electron chi connectivity index (χ2n) is 7.87. The van der Waals surface area contributed by atoms with Crippen molar-refractivity contribution in [3.8, 4) is 0 Å². The second kappa shape index (κ2) is 10.0. The summed E-state index contributed by atoms with van der Waals surface area (Å²) in [6, 6.07) is 0. The molecule has 1 aromatic heterocycles. The van der Waals surface area contributed by atoms with Gasteiger partial charge in [0, 0.05) is 32.7 Å². The molecule has 3 heterocycles. The minimum absolute atomic E-state index is 0.105. The fourth-order valence-corrected chi connectivity index (χ4v) is 4.25. The Bertz CT molecular complexity index is 651. The maximum Gasteiger partial charge on any atom is 0.276 e. The van der Waals surface area contributed by atoms with Crippen molar-refractivity contribution >= 4 is 11.8 Å². The first-order valence-electron chi connectivity index (χ1n) is 10.8. The van der Waals surface area contributed by atoms with Crippen molar-refractivity contribution in [2.24, 2.45) is 5.92 Å². The summed E-state index contributed by atoms with van der Waals surface area (Å²) in [7, 11) is 0. The molecule has 0 radical (unpaired) electrons. The summed E-state index contributed by atoms with van der Waals surface area (Å²) in [6.07, 6.45) is 7.31. The first kappa shape index (κ1) is 20.8. The minimum atomic E-state index is -0.110. The molecule has 0 aromatic carbocycles. The van der Waals surface area contributed by atoms with Gasteiger partial charge in [0.1, 0.15) is 0 Å². The quantitative estimate of drug-likeness (QED) is 0.705. The monoisotopic (exact) mass is 390 g/mol. The van der Waals surface area contributed by atoms with Crippen molar-refractivity contribution in [2.45, 2.75) is 52.5 Å². The van der Waals surface area contributed by atoms with Crippen molar-refractivity contribution in [3.05, 3.63) is 11.9 Å². The molecule has 1 unspecified atom stereocenters. The van der Waals surface area contributed by atoms with Gasteiger partial charge in [-0.2, -0.15) is 0 Å². The van der Waals surface area contributed by atoms with Crippen LogP contribution in [0.5, 0.6) is 0 Å². The van der Waals surface area contributed by atoms with Gasteiger partial charge in [0.15, 0.2) is 5.69 Å². The van der Waals surface area contributed by atoms with E-state index in [9.17, 15) is 9.59 Å². The zero-order valence-corrected chi connectivity index (χ0v) is 17.3. The highest BCUT2D eigenvalue weighted by molar-refractivity contribution is 5.92. The van der Waals surface area contributed by atoms with E-state index in [2.05, 4.69) is 15.2 Å². The lowest BCUT2D eigenvalue weighted by molar-refractivity contribution is -0.136. The van der Waals surface area contributed by atoms with Crippen LogP contribution in [0, 0.1) is 5.92 Å². The fourth-order valence-electron chi connectivity index (χ4n) is 4.25. The number of piperidine rings is 2. The van der Waals surface area contributed by atoms with Gasteiger partial charge in [0.25, 0.3) is 5.91 Å². The van der Waals surface area contributed by atoms with Gasteiger partial charge < -0.3 is 14.7 Å². The Labute approximate surface area is 167 Å². The minimum Gasteiger partial charge on any atom is -0.343 e. The standard InChI is InChI=1S/C20H34N6O2/c1-3-24(4-2)19(27)17-9-8-12-25(15-17)20(28)18-16-26(22-21-18)14-13-23-10-6-5-7-11-23/h16-17H,3-15H2,1-2H3. The van der Waals surface area contributed by atoms with E-state index < -0.39 is 0 Å². The number of hydrogen-bond donors (Lipinski definition) is 0. The van der Waals surface area contributed by atoms with E-state index in [4.69, 9.17) is 0 Å². The lowest BCUT2D eigenvalue weighted by Crippen LogP contribution is -2.46. The number of hydrogen-bond acceptors (Lipinski definition) is 5. The molecule has 1 aromatic rings. The van der Waals surface area contributed by atoms with E-state index in [1.807, 2.05) is 18.7 Å². The molecule has 8 heteroatoms. The van der Waals surface area contributed by atoms with Crippen LogP contribution in [0.1, 0.15) is 56.4 Å². The highest BCUT2D eigenvalue weighted by Crippen LogP contribution is 2.20. The van der Waals surface area contributed by atoms with Crippen molar-refractivity contribution < 1.29 is 9.59 Å².